The maximum atomic E-state index is 5.73. The van der Waals surface area contributed by atoms with Gasteiger partial charge in [0.2, 0.25) is 5.95 Å². The molecule has 0 spiro atoms. The number of hydrogen-bond donors (Lipinski definition) is 1. The van der Waals surface area contributed by atoms with Gasteiger partial charge in [-0.05, 0) is 24.3 Å². The van der Waals surface area contributed by atoms with Crippen molar-refractivity contribution < 1.29 is 0 Å². The molecule has 0 aliphatic carbocycles. The molecule has 1 aromatic carbocycles. The van der Waals surface area contributed by atoms with Gasteiger partial charge in [-0.15, -0.1) is 5.10 Å². The van der Waals surface area contributed by atoms with E-state index in [0.717, 1.165) is 5.69 Å². The van der Waals surface area contributed by atoms with Crippen LogP contribution in [0.2, 0.25) is 5.02 Å². The molecule has 0 saturated carbocycles. The van der Waals surface area contributed by atoms with Gasteiger partial charge in [0.05, 0.1) is 5.69 Å². The summed E-state index contributed by atoms with van der Waals surface area (Å²) < 4.78 is 1.59. The topological polar surface area (TPSA) is 56.7 Å². The predicted octanol–water partition coefficient (Wildman–Crippen LogP) is 1.50. The van der Waals surface area contributed by atoms with Crippen molar-refractivity contribution in [1.82, 2.24) is 14.8 Å². The number of hydrogen-bond acceptors (Lipinski definition) is 3. The second-order valence-electron chi connectivity index (χ2n) is 2.52. The van der Waals surface area contributed by atoms with Crippen LogP contribution in [-0.4, -0.2) is 14.8 Å². The summed E-state index contributed by atoms with van der Waals surface area (Å²) in [6.07, 6.45) is 1.55. The highest BCUT2D eigenvalue weighted by Gasteiger charge is 1.98. The van der Waals surface area contributed by atoms with E-state index in [4.69, 9.17) is 17.3 Å². The van der Waals surface area contributed by atoms with Gasteiger partial charge in [0.25, 0.3) is 0 Å². The Morgan fingerprint density at radius 3 is 2.46 bits per heavy atom. The fourth-order valence-electron chi connectivity index (χ4n) is 0.994. The lowest BCUT2D eigenvalue weighted by Crippen LogP contribution is -1.95. The van der Waals surface area contributed by atoms with Crippen LogP contribution in [0.5, 0.6) is 0 Å². The normalized spacial score (nSPS) is 10.2. The highest BCUT2D eigenvalue weighted by molar-refractivity contribution is 6.30. The molecule has 0 unspecified atom stereocenters. The molecule has 5 heteroatoms. The number of nitrogen functional groups attached to an aromatic ring is 1. The third-order valence-corrected chi connectivity index (χ3v) is 1.85. The average molecular weight is 195 g/mol. The lowest BCUT2D eigenvalue weighted by molar-refractivity contribution is 0.883. The van der Waals surface area contributed by atoms with Gasteiger partial charge < -0.3 is 5.73 Å². The van der Waals surface area contributed by atoms with Crippen molar-refractivity contribution in [3.63, 3.8) is 0 Å². The van der Waals surface area contributed by atoms with E-state index in [-0.39, 0.29) is 5.95 Å². The van der Waals surface area contributed by atoms with Gasteiger partial charge in [0.15, 0.2) is 0 Å². The van der Waals surface area contributed by atoms with Crippen LogP contribution < -0.4 is 5.73 Å². The monoisotopic (exact) mass is 194 g/mol. The smallest absolute Gasteiger partial charge is 0.239 e. The minimum absolute atomic E-state index is 0.259. The third kappa shape index (κ3) is 1.62. The lowest BCUT2D eigenvalue weighted by Gasteiger charge is -1.98. The van der Waals surface area contributed by atoms with E-state index in [1.165, 1.54) is 0 Å². The summed E-state index contributed by atoms with van der Waals surface area (Å²) in [4.78, 5) is 3.81. The predicted molar refractivity (Wildman–Crippen MR) is 50.8 cm³/mol. The fraction of sp³-hybridized carbons (Fsp3) is 0. The van der Waals surface area contributed by atoms with Crippen molar-refractivity contribution >= 4 is 17.5 Å². The minimum atomic E-state index is 0.259. The zero-order valence-corrected chi connectivity index (χ0v) is 7.44. The number of nitrogens with two attached hydrogens (primary N) is 1. The van der Waals surface area contributed by atoms with Crippen LogP contribution in [0, 0.1) is 0 Å². The molecule has 0 aliphatic rings. The van der Waals surface area contributed by atoms with Crippen LogP contribution >= 0.6 is 11.6 Å². The number of halogens is 1. The van der Waals surface area contributed by atoms with Gasteiger partial charge in [0, 0.05) is 5.02 Å². The zero-order chi connectivity index (χ0) is 9.26. The first-order valence-electron chi connectivity index (χ1n) is 3.69. The Morgan fingerprint density at radius 2 is 1.92 bits per heavy atom. The van der Waals surface area contributed by atoms with Gasteiger partial charge in [0.1, 0.15) is 6.33 Å². The highest BCUT2D eigenvalue weighted by Crippen LogP contribution is 2.12. The average Bonchev–Trinajstić information content (AvgIpc) is 2.53. The van der Waals surface area contributed by atoms with Crippen molar-refractivity contribution in [3.8, 4) is 5.69 Å². The van der Waals surface area contributed by atoms with E-state index in [0.29, 0.717) is 5.02 Å². The summed E-state index contributed by atoms with van der Waals surface area (Å²) in [6, 6.07) is 7.26. The fourth-order valence-corrected chi connectivity index (χ4v) is 1.12. The quantitative estimate of drug-likeness (QED) is 0.749. The van der Waals surface area contributed by atoms with Gasteiger partial charge in [-0.1, -0.05) is 11.6 Å². The summed E-state index contributed by atoms with van der Waals surface area (Å²) in [5.74, 6) is 0.259. The summed E-state index contributed by atoms with van der Waals surface area (Å²) in [5, 5.41) is 4.64. The standard InChI is InChI=1S/C8H7ClN4/c9-6-1-3-7(4-2-6)13-5-11-8(10)12-13/h1-5H,(H2,10,12). The Morgan fingerprint density at radius 1 is 1.23 bits per heavy atom. The lowest BCUT2D eigenvalue weighted by atomic mass is 10.3. The summed E-state index contributed by atoms with van der Waals surface area (Å²) in [5.41, 5.74) is 6.26. The van der Waals surface area contributed by atoms with Crippen molar-refractivity contribution in [2.24, 2.45) is 0 Å². The van der Waals surface area contributed by atoms with Crippen LogP contribution in [-0.2, 0) is 0 Å². The molecule has 66 valence electrons. The molecule has 0 fully saturated rings. The summed E-state index contributed by atoms with van der Waals surface area (Å²) in [7, 11) is 0. The largest absolute Gasteiger partial charge is 0.366 e. The van der Waals surface area contributed by atoms with Crippen LogP contribution in [0.25, 0.3) is 5.69 Å². The van der Waals surface area contributed by atoms with Crippen molar-refractivity contribution in [2.45, 2.75) is 0 Å². The number of benzene rings is 1. The first-order valence-corrected chi connectivity index (χ1v) is 4.06. The molecule has 2 rings (SSSR count). The van der Waals surface area contributed by atoms with E-state index in [1.807, 2.05) is 12.1 Å². The molecule has 0 bridgehead atoms. The summed E-state index contributed by atoms with van der Waals surface area (Å²) >= 11 is 5.73. The molecule has 13 heavy (non-hydrogen) atoms. The van der Waals surface area contributed by atoms with E-state index in [9.17, 15) is 0 Å². The molecule has 1 aromatic heterocycles. The first-order chi connectivity index (χ1) is 6.25. The van der Waals surface area contributed by atoms with Crippen LogP contribution in [0.4, 0.5) is 5.95 Å². The molecule has 0 saturated heterocycles. The molecule has 0 amide bonds. The molecule has 4 nitrogen and oxygen atoms in total. The van der Waals surface area contributed by atoms with Gasteiger partial charge >= 0.3 is 0 Å². The van der Waals surface area contributed by atoms with E-state index < -0.39 is 0 Å². The maximum absolute atomic E-state index is 5.73. The van der Waals surface area contributed by atoms with Crippen molar-refractivity contribution in [1.29, 1.82) is 0 Å². The molecule has 2 N–H and O–H groups in total. The molecule has 1 heterocycles. The Hall–Kier alpha value is -1.55. The Labute approximate surface area is 80.0 Å². The Balaban J connectivity index is 2.41. The second-order valence-corrected chi connectivity index (χ2v) is 2.96. The molecule has 2 aromatic rings. The molecular formula is C8H7ClN4. The van der Waals surface area contributed by atoms with Crippen LogP contribution in [0.1, 0.15) is 0 Å². The van der Waals surface area contributed by atoms with E-state index in [1.54, 1.807) is 23.1 Å². The number of aromatic nitrogens is 3. The SMILES string of the molecule is Nc1ncn(-c2ccc(Cl)cc2)n1. The summed E-state index contributed by atoms with van der Waals surface area (Å²) in [6.45, 7) is 0. The van der Waals surface area contributed by atoms with Crippen LogP contribution in [0.3, 0.4) is 0 Å². The molecule has 0 atom stereocenters. The van der Waals surface area contributed by atoms with Crippen LogP contribution in [0.15, 0.2) is 30.6 Å². The van der Waals surface area contributed by atoms with E-state index >= 15 is 0 Å². The van der Waals surface area contributed by atoms with Crippen molar-refractivity contribution in [2.75, 3.05) is 5.73 Å². The first kappa shape index (κ1) is 8.07. The number of rotatable bonds is 1. The van der Waals surface area contributed by atoms with Gasteiger partial charge in [-0.2, -0.15) is 0 Å². The van der Waals surface area contributed by atoms with Gasteiger partial charge in [-0.25, -0.2) is 9.67 Å². The maximum Gasteiger partial charge on any atom is 0.239 e. The minimum Gasteiger partial charge on any atom is -0.366 e. The zero-order valence-electron chi connectivity index (χ0n) is 6.68. The third-order valence-electron chi connectivity index (χ3n) is 1.60. The molecule has 0 radical (unpaired) electrons. The highest BCUT2D eigenvalue weighted by atomic mass is 35.5. The second kappa shape index (κ2) is 3.06. The number of nitrogens with zero attached hydrogens (tertiary/aromatic N) is 3. The van der Waals surface area contributed by atoms with E-state index in [2.05, 4.69) is 10.1 Å². The Bertz CT molecular complexity index is 406. The molecule has 0 aliphatic heterocycles. The molecular weight excluding hydrogens is 188 g/mol. The van der Waals surface area contributed by atoms with Gasteiger partial charge in [-0.3, -0.25) is 0 Å². The Kier molecular flexibility index (Phi) is 1.90. The number of anilines is 1. The van der Waals surface area contributed by atoms with Crippen molar-refractivity contribution in [3.05, 3.63) is 35.6 Å².